The molecule has 2 aromatic rings. The summed E-state index contributed by atoms with van der Waals surface area (Å²) in [6.07, 6.45) is 2.22. The van der Waals surface area contributed by atoms with Crippen molar-refractivity contribution < 1.29 is 0 Å². The second kappa shape index (κ2) is 5.16. The lowest BCUT2D eigenvalue weighted by Gasteiger charge is -2.34. The van der Waals surface area contributed by atoms with Gasteiger partial charge in [-0.1, -0.05) is 48.5 Å². The Labute approximate surface area is 113 Å². The Morgan fingerprint density at radius 3 is 2.53 bits per heavy atom. The normalized spacial score (nSPS) is 15.4. The Hall–Kier alpha value is -2.27. The number of aryl methyl sites for hydroxylation is 1. The van der Waals surface area contributed by atoms with Crippen molar-refractivity contribution in [2.45, 2.75) is 18.9 Å². The van der Waals surface area contributed by atoms with Crippen molar-refractivity contribution in [1.29, 1.82) is 5.26 Å². The number of benzene rings is 2. The first-order valence-corrected chi connectivity index (χ1v) is 6.69. The van der Waals surface area contributed by atoms with E-state index in [1.807, 2.05) is 30.3 Å². The van der Waals surface area contributed by atoms with Crippen LogP contribution in [-0.2, 0) is 6.42 Å². The van der Waals surface area contributed by atoms with Crippen molar-refractivity contribution in [2.75, 3.05) is 11.4 Å². The monoisotopic (exact) mass is 248 g/mol. The first-order chi connectivity index (χ1) is 9.40. The largest absolute Gasteiger partial charge is 0.352 e. The fraction of sp³-hybridized carbons (Fsp3) is 0.235. The van der Waals surface area contributed by atoms with Crippen molar-refractivity contribution in [3.05, 3.63) is 65.7 Å². The van der Waals surface area contributed by atoms with Gasteiger partial charge in [-0.3, -0.25) is 0 Å². The number of para-hydroxylation sites is 1. The van der Waals surface area contributed by atoms with Crippen LogP contribution in [0.1, 0.15) is 23.6 Å². The maximum atomic E-state index is 9.57. The Morgan fingerprint density at radius 2 is 1.74 bits per heavy atom. The average Bonchev–Trinajstić information content (AvgIpc) is 2.49. The number of nitrogens with zero attached hydrogens (tertiary/aromatic N) is 2. The molecule has 0 N–H and O–H groups in total. The molecule has 94 valence electrons. The Balaban J connectivity index is 2.01. The minimum absolute atomic E-state index is 0.192. The van der Waals surface area contributed by atoms with Gasteiger partial charge in [0, 0.05) is 12.2 Å². The van der Waals surface area contributed by atoms with Crippen molar-refractivity contribution >= 4 is 5.69 Å². The van der Waals surface area contributed by atoms with Crippen LogP contribution in [0.5, 0.6) is 0 Å². The molecule has 0 fully saturated rings. The molecule has 1 atom stereocenters. The molecule has 0 spiro atoms. The molecule has 2 heteroatoms. The second-order valence-corrected chi connectivity index (χ2v) is 4.87. The summed E-state index contributed by atoms with van der Waals surface area (Å²) >= 11 is 0. The molecule has 19 heavy (non-hydrogen) atoms. The van der Waals surface area contributed by atoms with E-state index in [2.05, 4.69) is 35.2 Å². The van der Waals surface area contributed by atoms with Gasteiger partial charge in [-0.05, 0) is 30.0 Å². The summed E-state index contributed by atoms with van der Waals surface area (Å²) < 4.78 is 0. The summed E-state index contributed by atoms with van der Waals surface area (Å²) in [5.74, 6) is 0. The van der Waals surface area contributed by atoms with Gasteiger partial charge in [-0.25, -0.2) is 0 Å². The quantitative estimate of drug-likeness (QED) is 0.810. The lowest BCUT2D eigenvalue weighted by atomic mass is 9.97. The van der Waals surface area contributed by atoms with Crippen LogP contribution in [0.25, 0.3) is 0 Å². The van der Waals surface area contributed by atoms with Gasteiger partial charge in [0.2, 0.25) is 0 Å². The zero-order valence-corrected chi connectivity index (χ0v) is 10.8. The van der Waals surface area contributed by atoms with Crippen LogP contribution in [0.4, 0.5) is 5.69 Å². The molecule has 0 aromatic heterocycles. The summed E-state index contributed by atoms with van der Waals surface area (Å²) in [4.78, 5) is 2.23. The molecule has 1 heterocycles. The van der Waals surface area contributed by atoms with E-state index >= 15 is 0 Å². The maximum absolute atomic E-state index is 9.57. The number of rotatable bonds is 2. The smallest absolute Gasteiger partial charge is 0.142 e. The van der Waals surface area contributed by atoms with Gasteiger partial charge in [-0.2, -0.15) is 5.26 Å². The molecular weight excluding hydrogens is 232 g/mol. The highest BCUT2D eigenvalue weighted by Crippen LogP contribution is 2.33. The topological polar surface area (TPSA) is 27.0 Å². The van der Waals surface area contributed by atoms with Gasteiger partial charge in [0.1, 0.15) is 6.04 Å². The molecular formula is C17H16N2. The number of hydrogen-bond donors (Lipinski definition) is 0. The van der Waals surface area contributed by atoms with Crippen LogP contribution in [0.3, 0.4) is 0 Å². The molecule has 2 aromatic carbocycles. The van der Waals surface area contributed by atoms with Crippen LogP contribution < -0.4 is 4.90 Å². The van der Waals surface area contributed by atoms with E-state index in [0.717, 1.165) is 24.9 Å². The Kier molecular flexibility index (Phi) is 3.20. The summed E-state index contributed by atoms with van der Waals surface area (Å²) in [5.41, 5.74) is 3.63. The lowest BCUT2D eigenvalue weighted by molar-refractivity contribution is 0.655. The van der Waals surface area contributed by atoms with Gasteiger partial charge in [0.05, 0.1) is 6.07 Å². The average molecular weight is 248 g/mol. The van der Waals surface area contributed by atoms with Gasteiger partial charge < -0.3 is 4.90 Å². The standard InChI is InChI=1S/C17H16N2/c18-13-17(15-7-2-1-3-8-15)19-12-6-10-14-9-4-5-11-16(14)19/h1-5,7-9,11,17H,6,10,12H2. The van der Waals surface area contributed by atoms with Crippen molar-refractivity contribution in [1.82, 2.24) is 0 Å². The highest BCUT2D eigenvalue weighted by molar-refractivity contribution is 5.58. The number of anilines is 1. The van der Waals surface area contributed by atoms with Gasteiger partial charge in [0.25, 0.3) is 0 Å². The zero-order chi connectivity index (χ0) is 13.1. The van der Waals surface area contributed by atoms with E-state index in [0.29, 0.717) is 0 Å². The van der Waals surface area contributed by atoms with E-state index in [1.165, 1.54) is 11.3 Å². The Morgan fingerprint density at radius 1 is 1.00 bits per heavy atom. The molecule has 0 saturated carbocycles. The molecule has 0 amide bonds. The number of nitriles is 1. The summed E-state index contributed by atoms with van der Waals surface area (Å²) in [5, 5.41) is 9.57. The molecule has 0 radical (unpaired) electrons. The second-order valence-electron chi connectivity index (χ2n) is 4.87. The molecule has 0 saturated heterocycles. The third-order valence-corrected chi connectivity index (χ3v) is 3.70. The maximum Gasteiger partial charge on any atom is 0.142 e. The molecule has 1 aliphatic heterocycles. The minimum Gasteiger partial charge on any atom is -0.352 e. The first kappa shape index (κ1) is 11.8. The van der Waals surface area contributed by atoms with Crippen LogP contribution in [0.15, 0.2) is 54.6 Å². The number of fused-ring (bicyclic) bond motifs is 1. The van der Waals surface area contributed by atoms with Crippen molar-refractivity contribution in [3.8, 4) is 6.07 Å². The van der Waals surface area contributed by atoms with Crippen molar-refractivity contribution in [2.24, 2.45) is 0 Å². The third kappa shape index (κ3) is 2.20. The molecule has 1 unspecified atom stereocenters. The molecule has 1 aliphatic rings. The fourth-order valence-corrected chi connectivity index (χ4v) is 2.79. The molecule has 2 nitrogen and oxygen atoms in total. The lowest BCUT2D eigenvalue weighted by Crippen LogP contribution is -2.32. The summed E-state index contributed by atoms with van der Waals surface area (Å²) in [7, 11) is 0. The Bertz CT molecular complexity index is 598. The van der Waals surface area contributed by atoms with Gasteiger partial charge in [0.15, 0.2) is 0 Å². The van der Waals surface area contributed by atoms with E-state index in [-0.39, 0.29) is 6.04 Å². The first-order valence-electron chi connectivity index (χ1n) is 6.69. The van der Waals surface area contributed by atoms with Crippen molar-refractivity contribution in [3.63, 3.8) is 0 Å². The van der Waals surface area contributed by atoms with Crippen LogP contribution in [0, 0.1) is 11.3 Å². The molecule has 0 aliphatic carbocycles. The highest BCUT2D eigenvalue weighted by atomic mass is 15.2. The van der Waals surface area contributed by atoms with E-state index < -0.39 is 0 Å². The number of hydrogen-bond acceptors (Lipinski definition) is 2. The SMILES string of the molecule is N#CC(c1ccccc1)N1CCCc2ccccc21. The summed E-state index contributed by atoms with van der Waals surface area (Å²) in [6.45, 7) is 0.949. The summed E-state index contributed by atoms with van der Waals surface area (Å²) in [6, 6.07) is 20.7. The zero-order valence-electron chi connectivity index (χ0n) is 10.8. The minimum atomic E-state index is -0.192. The van der Waals surface area contributed by atoms with Crippen LogP contribution in [-0.4, -0.2) is 6.54 Å². The van der Waals surface area contributed by atoms with Crippen LogP contribution >= 0.6 is 0 Å². The highest BCUT2D eigenvalue weighted by Gasteiger charge is 2.24. The third-order valence-electron chi connectivity index (χ3n) is 3.70. The van der Waals surface area contributed by atoms with Crippen LogP contribution in [0.2, 0.25) is 0 Å². The van der Waals surface area contributed by atoms with E-state index in [4.69, 9.17) is 0 Å². The molecule has 3 rings (SSSR count). The van der Waals surface area contributed by atoms with Gasteiger partial charge >= 0.3 is 0 Å². The van der Waals surface area contributed by atoms with Gasteiger partial charge in [-0.15, -0.1) is 0 Å². The predicted octanol–water partition coefficient (Wildman–Crippen LogP) is 3.70. The molecule has 0 bridgehead atoms. The fourth-order valence-electron chi connectivity index (χ4n) is 2.79. The predicted molar refractivity (Wildman–Crippen MR) is 76.9 cm³/mol. The van der Waals surface area contributed by atoms with E-state index in [9.17, 15) is 5.26 Å². The van der Waals surface area contributed by atoms with E-state index in [1.54, 1.807) is 0 Å².